The Labute approximate surface area is 221 Å². The van der Waals surface area contributed by atoms with Crippen LogP contribution in [0.15, 0.2) is 88.9 Å². The summed E-state index contributed by atoms with van der Waals surface area (Å²) in [5.74, 6) is 1.21. The Kier molecular flexibility index (Phi) is 7.70. The van der Waals surface area contributed by atoms with Crippen molar-refractivity contribution in [3.8, 4) is 5.75 Å². The molecule has 2 amide bonds. The van der Waals surface area contributed by atoms with E-state index in [0.29, 0.717) is 18.9 Å². The van der Waals surface area contributed by atoms with Crippen LogP contribution < -0.4 is 4.74 Å². The molecule has 0 unspecified atom stereocenters. The number of benzene rings is 2. The highest BCUT2D eigenvalue weighted by Gasteiger charge is 2.33. The highest BCUT2D eigenvalue weighted by molar-refractivity contribution is 7.10. The zero-order chi connectivity index (χ0) is 25.6. The molecule has 1 aliphatic rings. The summed E-state index contributed by atoms with van der Waals surface area (Å²) in [7, 11) is 0. The minimum atomic E-state index is -0.210. The summed E-state index contributed by atoms with van der Waals surface area (Å²) in [5, 5.41) is 2.07. The van der Waals surface area contributed by atoms with Crippen LogP contribution in [0.2, 0.25) is 0 Å². The molecule has 0 radical (unpaired) electrons. The molecule has 2 aromatic carbocycles. The standard InChI is InChI=1S/C30H30N2O4S/c1-22-9-11-24(12-10-22)36-21-27-26-14-17-37-28(26)13-15-32(27)30(34)20-31(19-25-8-5-16-35-25)29(33)18-23-6-3-2-4-7-23/h2-12,14,16-17,27H,13,15,18-21H2,1H3/t27-/m1/s1. The van der Waals surface area contributed by atoms with Crippen molar-refractivity contribution in [3.05, 3.63) is 112 Å². The Bertz CT molecular complexity index is 1320. The molecule has 0 saturated heterocycles. The van der Waals surface area contributed by atoms with E-state index in [4.69, 9.17) is 9.15 Å². The Balaban J connectivity index is 1.33. The van der Waals surface area contributed by atoms with E-state index >= 15 is 0 Å². The molecule has 4 aromatic rings. The topological polar surface area (TPSA) is 63.0 Å². The smallest absolute Gasteiger partial charge is 0.242 e. The highest BCUT2D eigenvalue weighted by atomic mass is 32.1. The summed E-state index contributed by atoms with van der Waals surface area (Å²) in [4.78, 5) is 31.8. The monoisotopic (exact) mass is 514 g/mol. The maximum Gasteiger partial charge on any atom is 0.242 e. The second-order valence-electron chi connectivity index (χ2n) is 9.27. The largest absolute Gasteiger partial charge is 0.491 e. The number of ether oxygens (including phenoxy) is 1. The molecule has 0 spiro atoms. The van der Waals surface area contributed by atoms with E-state index < -0.39 is 0 Å². The number of aryl methyl sites for hydroxylation is 1. The summed E-state index contributed by atoms with van der Waals surface area (Å²) < 4.78 is 11.6. The van der Waals surface area contributed by atoms with Gasteiger partial charge in [0.1, 0.15) is 24.7 Å². The molecule has 0 fully saturated rings. The van der Waals surface area contributed by atoms with Crippen LogP contribution in [0.3, 0.4) is 0 Å². The Morgan fingerprint density at radius 2 is 1.86 bits per heavy atom. The lowest BCUT2D eigenvalue weighted by molar-refractivity contribution is -0.143. The van der Waals surface area contributed by atoms with Gasteiger partial charge in [0.15, 0.2) is 0 Å². The second-order valence-corrected chi connectivity index (χ2v) is 10.3. The molecule has 7 heteroatoms. The van der Waals surface area contributed by atoms with Crippen LogP contribution in [0, 0.1) is 6.92 Å². The van der Waals surface area contributed by atoms with Crippen LogP contribution in [0.4, 0.5) is 0 Å². The lowest BCUT2D eigenvalue weighted by Gasteiger charge is -2.37. The molecule has 0 bridgehead atoms. The minimum Gasteiger partial charge on any atom is -0.491 e. The fraction of sp³-hybridized carbons (Fsp3) is 0.267. The van der Waals surface area contributed by atoms with Crippen LogP contribution in [0.5, 0.6) is 5.75 Å². The molecule has 1 aliphatic heterocycles. The third-order valence-corrected chi connectivity index (χ3v) is 7.64. The molecule has 0 aliphatic carbocycles. The molecule has 0 saturated carbocycles. The molecule has 1 atom stereocenters. The van der Waals surface area contributed by atoms with E-state index in [-0.39, 0.29) is 37.4 Å². The predicted molar refractivity (Wildman–Crippen MR) is 143 cm³/mol. The van der Waals surface area contributed by atoms with Crippen LogP contribution in [0.25, 0.3) is 0 Å². The lowest BCUT2D eigenvalue weighted by atomic mass is 10.0. The van der Waals surface area contributed by atoms with Crippen molar-refractivity contribution in [2.75, 3.05) is 19.7 Å². The van der Waals surface area contributed by atoms with E-state index in [9.17, 15) is 9.59 Å². The molecular formula is C30H30N2O4S. The predicted octanol–water partition coefficient (Wildman–Crippen LogP) is 5.43. The van der Waals surface area contributed by atoms with Crippen molar-refractivity contribution in [1.82, 2.24) is 9.80 Å². The lowest BCUT2D eigenvalue weighted by Crippen LogP contribution is -2.47. The first-order valence-electron chi connectivity index (χ1n) is 12.5. The summed E-state index contributed by atoms with van der Waals surface area (Å²) in [6, 6.07) is 23.0. The summed E-state index contributed by atoms with van der Waals surface area (Å²) >= 11 is 1.72. The fourth-order valence-corrected chi connectivity index (χ4v) is 5.57. The first-order chi connectivity index (χ1) is 18.1. The van der Waals surface area contributed by atoms with E-state index in [2.05, 4.69) is 11.4 Å². The molecule has 0 N–H and O–H groups in total. The molecule has 6 nitrogen and oxygen atoms in total. The minimum absolute atomic E-state index is 0.0210. The van der Waals surface area contributed by atoms with Crippen LogP contribution in [-0.4, -0.2) is 41.3 Å². The summed E-state index contributed by atoms with van der Waals surface area (Å²) in [6.45, 7) is 3.21. The molecule has 2 aromatic heterocycles. The number of rotatable bonds is 9. The van der Waals surface area contributed by atoms with Gasteiger partial charge in [-0.05, 0) is 60.2 Å². The zero-order valence-electron chi connectivity index (χ0n) is 20.8. The van der Waals surface area contributed by atoms with Gasteiger partial charge in [0.05, 0.1) is 25.3 Å². The average molecular weight is 515 g/mol. The number of carbonyl (C=O) groups excluding carboxylic acids is 2. The first-order valence-corrected chi connectivity index (χ1v) is 13.3. The van der Waals surface area contributed by atoms with Gasteiger partial charge >= 0.3 is 0 Å². The number of hydrogen-bond donors (Lipinski definition) is 0. The highest BCUT2D eigenvalue weighted by Crippen LogP contribution is 2.34. The number of hydrogen-bond acceptors (Lipinski definition) is 5. The third-order valence-electron chi connectivity index (χ3n) is 6.65. The van der Waals surface area contributed by atoms with Gasteiger partial charge in [-0.25, -0.2) is 0 Å². The molecule has 5 rings (SSSR count). The summed E-state index contributed by atoms with van der Waals surface area (Å²) in [6.07, 6.45) is 2.61. The maximum atomic E-state index is 13.7. The van der Waals surface area contributed by atoms with Gasteiger partial charge in [-0.2, -0.15) is 0 Å². The average Bonchev–Trinajstić information content (AvgIpc) is 3.60. The van der Waals surface area contributed by atoms with Crippen molar-refractivity contribution in [2.45, 2.75) is 32.4 Å². The van der Waals surface area contributed by atoms with Crippen molar-refractivity contribution in [3.63, 3.8) is 0 Å². The Hall–Kier alpha value is -3.84. The van der Waals surface area contributed by atoms with Gasteiger partial charge < -0.3 is 19.0 Å². The zero-order valence-corrected chi connectivity index (χ0v) is 21.7. The quantitative estimate of drug-likeness (QED) is 0.299. The first kappa shape index (κ1) is 24.8. The van der Waals surface area contributed by atoms with Gasteiger partial charge in [0.25, 0.3) is 0 Å². The Morgan fingerprint density at radius 1 is 1.05 bits per heavy atom. The van der Waals surface area contributed by atoms with Gasteiger partial charge in [0.2, 0.25) is 11.8 Å². The van der Waals surface area contributed by atoms with E-state index in [1.165, 1.54) is 10.4 Å². The van der Waals surface area contributed by atoms with Crippen molar-refractivity contribution >= 4 is 23.2 Å². The number of fused-ring (bicyclic) bond motifs is 1. The summed E-state index contributed by atoms with van der Waals surface area (Å²) in [5.41, 5.74) is 3.21. The van der Waals surface area contributed by atoms with Crippen molar-refractivity contribution in [1.29, 1.82) is 0 Å². The fourth-order valence-electron chi connectivity index (χ4n) is 4.64. The normalized spacial score (nSPS) is 14.7. The maximum absolute atomic E-state index is 13.7. The molecular weight excluding hydrogens is 484 g/mol. The Morgan fingerprint density at radius 3 is 2.62 bits per heavy atom. The van der Waals surface area contributed by atoms with Gasteiger partial charge in [0, 0.05) is 11.4 Å². The van der Waals surface area contributed by atoms with Crippen LogP contribution >= 0.6 is 11.3 Å². The number of amides is 2. The van der Waals surface area contributed by atoms with Gasteiger partial charge in [-0.3, -0.25) is 9.59 Å². The molecule has 3 heterocycles. The SMILES string of the molecule is Cc1ccc(OC[C@@H]2c3ccsc3CCN2C(=O)CN(Cc2ccco2)C(=O)Cc2ccccc2)cc1. The van der Waals surface area contributed by atoms with Crippen molar-refractivity contribution < 1.29 is 18.7 Å². The second kappa shape index (κ2) is 11.5. The number of carbonyl (C=O) groups is 2. The van der Waals surface area contributed by atoms with E-state index in [1.54, 1.807) is 28.6 Å². The molecule has 37 heavy (non-hydrogen) atoms. The number of thiophene rings is 1. The van der Waals surface area contributed by atoms with Crippen LogP contribution in [0.1, 0.15) is 33.4 Å². The number of furan rings is 1. The van der Waals surface area contributed by atoms with E-state index in [1.807, 2.05) is 72.5 Å². The van der Waals surface area contributed by atoms with Gasteiger partial charge in [-0.15, -0.1) is 11.3 Å². The van der Waals surface area contributed by atoms with Crippen molar-refractivity contribution in [2.24, 2.45) is 0 Å². The van der Waals surface area contributed by atoms with Crippen LogP contribution in [-0.2, 0) is 29.0 Å². The number of nitrogens with zero attached hydrogens (tertiary/aromatic N) is 2. The third kappa shape index (κ3) is 6.12. The van der Waals surface area contributed by atoms with Gasteiger partial charge in [-0.1, -0.05) is 48.0 Å². The van der Waals surface area contributed by atoms with E-state index in [0.717, 1.165) is 23.3 Å². The molecule has 190 valence electrons.